The van der Waals surface area contributed by atoms with Crippen LogP contribution in [0.25, 0.3) is 0 Å². The van der Waals surface area contributed by atoms with Gasteiger partial charge in [0.2, 0.25) is 5.91 Å². The molecule has 5 heteroatoms. The molecule has 1 amide bonds. The molecule has 0 spiro atoms. The van der Waals surface area contributed by atoms with Crippen LogP contribution < -0.4 is 10.6 Å². The molecule has 0 atom stereocenters. The van der Waals surface area contributed by atoms with E-state index in [2.05, 4.69) is 15.6 Å². The fraction of sp³-hybridized carbons (Fsp3) is 0.455. The molecule has 88 valence electrons. The summed E-state index contributed by atoms with van der Waals surface area (Å²) in [6.07, 6.45) is 1.53. The minimum absolute atomic E-state index is 0.0986. The molecule has 1 aromatic heterocycles. The number of likely N-dealkylation sites (N-methyl/N-ethyl adjacent to an activating group) is 1. The van der Waals surface area contributed by atoms with Gasteiger partial charge in [-0.05, 0) is 32.5 Å². The lowest BCUT2D eigenvalue weighted by Crippen LogP contribution is -2.49. The maximum atomic E-state index is 11.9. The Labute approximate surface area is 100 Å². The van der Waals surface area contributed by atoms with Crippen LogP contribution >= 0.6 is 11.6 Å². The fourth-order valence-electron chi connectivity index (χ4n) is 1.26. The number of nitrogens with zero attached hydrogens (tertiary/aromatic N) is 1. The van der Waals surface area contributed by atoms with Gasteiger partial charge < -0.3 is 10.6 Å². The zero-order valence-corrected chi connectivity index (χ0v) is 10.4. The molecular weight excluding hydrogens is 226 g/mol. The Hall–Kier alpha value is -1.13. The highest BCUT2D eigenvalue weighted by atomic mass is 35.5. The molecule has 4 nitrogen and oxygen atoms in total. The van der Waals surface area contributed by atoms with Crippen LogP contribution in [0, 0.1) is 0 Å². The van der Waals surface area contributed by atoms with Crippen molar-refractivity contribution in [2.75, 3.05) is 11.9 Å². The second-order valence-corrected chi connectivity index (χ2v) is 4.37. The van der Waals surface area contributed by atoms with Crippen molar-refractivity contribution in [3.8, 4) is 0 Å². The molecular formula is C11H16ClN3O. The van der Waals surface area contributed by atoms with Crippen molar-refractivity contribution in [1.29, 1.82) is 0 Å². The second-order valence-electron chi connectivity index (χ2n) is 3.98. The molecule has 16 heavy (non-hydrogen) atoms. The first-order valence-electron chi connectivity index (χ1n) is 5.13. The van der Waals surface area contributed by atoms with Crippen molar-refractivity contribution in [1.82, 2.24) is 10.3 Å². The quantitative estimate of drug-likeness (QED) is 0.794. The maximum Gasteiger partial charge on any atom is 0.244 e. The Morgan fingerprint density at radius 3 is 2.69 bits per heavy atom. The molecule has 0 aromatic carbocycles. The van der Waals surface area contributed by atoms with Crippen molar-refractivity contribution in [3.05, 3.63) is 23.5 Å². The lowest BCUT2D eigenvalue weighted by Gasteiger charge is -2.24. The lowest BCUT2D eigenvalue weighted by molar-refractivity contribution is -0.121. The number of carbonyl (C=O) groups is 1. The molecule has 1 rings (SSSR count). The number of halogens is 1. The van der Waals surface area contributed by atoms with Gasteiger partial charge in [0.15, 0.2) is 0 Å². The molecule has 2 N–H and O–H groups in total. The van der Waals surface area contributed by atoms with Gasteiger partial charge in [0.25, 0.3) is 0 Å². The number of aromatic nitrogens is 1. The first-order chi connectivity index (χ1) is 7.45. The summed E-state index contributed by atoms with van der Waals surface area (Å²) in [5.41, 5.74) is 0.0364. The van der Waals surface area contributed by atoms with Crippen molar-refractivity contribution in [3.63, 3.8) is 0 Å². The summed E-state index contributed by atoms with van der Waals surface area (Å²) in [6, 6.07) is 3.35. The highest BCUT2D eigenvalue weighted by Crippen LogP contribution is 2.12. The summed E-state index contributed by atoms with van der Waals surface area (Å²) in [4.78, 5) is 15.8. The number of nitrogens with one attached hydrogen (secondary N) is 2. The van der Waals surface area contributed by atoms with Gasteiger partial charge in [0.05, 0.1) is 17.4 Å². The minimum atomic E-state index is -0.603. The minimum Gasteiger partial charge on any atom is -0.323 e. The number of pyridine rings is 1. The number of hydrogen-bond donors (Lipinski definition) is 2. The molecule has 0 fully saturated rings. The van der Waals surface area contributed by atoms with Crippen LogP contribution in [-0.4, -0.2) is 23.0 Å². The van der Waals surface area contributed by atoms with Crippen LogP contribution in [0.2, 0.25) is 5.15 Å². The third-order valence-electron chi connectivity index (χ3n) is 2.17. The highest BCUT2D eigenvalue weighted by Gasteiger charge is 2.26. The Morgan fingerprint density at radius 1 is 1.50 bits per heavy atom. The summed E-state index contributed by atoms with van der Waals surface area (Å²) in [5.74, 6) is -0.0986. The monoisotopic (exact) mass is 241 g/mol. The normalized spacial score (nSPS) is 11.2. The predicted molar refractivity (Wildman–Crippen MR) is 65.6 cm³/mol. The summed E-state index contributed by atoms with van der Waals surface area (Å²) in [5, 5.41) is 6.27. The van der Waals surface area contributed by atoms with Crippen molar-refractivity contribution < 1.29 is 4.79 Å². The van der Waals surface area contributed by atoms with Crippen molar-refractivity contribution >= 4 is 23.2 Å². The van der Waals surface area contributed by atoms with Gasteiger partial charge in [-0.1, -0.05) is 18.5 Å². The number of rotatable bonds is 4. The molecule has 0 bridgehead atoms. The van der Waals surface area contributed by atoms with Crippen LogP contribution in [0.1, 0.15) is 20.8 Å². The van der Waals surface area contributed by atoms with Gasteiger partial charge in [0, 0.05) is 0 Å². The van der Waals surface area contributed by atoms with Gasteiger partial charge in [-0.25, -0.2) is 4.98 Å². The van der Waals surface area contributed by atoms with Crippen LogP contribution in [0.4, 0.5) is 5.69 Å². The molecule has 0 aliphatic heterocycles. The molecule has 0 unspecified atom stereocenters. The zero-order valence-electron chi connectivity index (χ0n) is 9.67. The Bertz CT molecular complexity index is 362. The van der Waals surface area contributed by atoms with Gasteiger partial charge >= 0.3 is 0 Å². The summed E-state index contributed by atoms with van der Waals surface area (Å²) >= 11 is 5.65. The summed E-state index contributed by atoms with van der Waals surface area (Å²) in [7, 11) is 0. The zero-order chi connectivity index (χ0) is 12.2. The Kier molecular flexibility index (Phi) is 4.26. The van der Waals surface area contributed by atoms with E-state index in [-0.39, 0.29) is 5.91 Å². The van der Waals surface area contributed by atoms with Gasteiger partial charge in [0.1, 0.15) is 5.15 Å². The smallest absolute Gasteiger partial charge is 0.244 e. The Morgan fingerprint density at radius 2 is 2.19 bits per heavy atom. The van der Waals surface area contributed by atoms with E-state index in [4.69, 9.17) is 11.6 Å². The standard InChI is InChI=1S/C11H16ClN3O/c1-4-14-11(2,3)10(16)15-8-5-6-9(12)13-7-8/h5-7,14H,4H2,1-3H3,(H,15,16). The molecule has 0 saturated heterocycles. The van der Waals surface area contributed by atoms with Crippen LogP contribution in [0.3, 0.4) is 0 Å². The van der Waals surface area contributed by atoms with Crippen molar-refractivity contribution in [2.24, 2.45) is 0 Å². The van der Waals surface area contributed by atoms with Crippen LogP contribution in [0.5, 0.6) is 0 Å². The van der Waals surface area contributed by atoms with Crippen LogP contribution in [-0.2, 0) is 4.79 Å². The average molecular weight is 242 g/mol. The van der Waals surface area contributed by atoms with Crippen LogP contribution in [0.15, 0.2) is 18.3 Å². The number of anilines is 1. The number of amides is 1. The van der Waals surface area contributed by atoms with E-state index in [1.54, 1.807) is 12.1 Å². The summed E-state index contributed by atoms with van der Waals surface area (Å²) < 4.78 is 0. The third kappa shape index (κ3) is 3.47. The molecule has 0 saturated carbocycles. The molecule has 1 aromatic rings. The molecule has 1 heterocycles. The third-order valence-corrected chi connectivity index (χ3v) is 2.40. The molecule has 0 aliphatic carbocycles. The lowest BCUT2D eigenvalue weighted by atomic mass is 10.0. The highest BCUT2D eigenvalue weighted by molar-refractivity contribution is 6.29. The topological polar surface area (TPSA) is 54.0 Å². The number of hydrogen-bond acceptors (Lipinski definition) is 3. The SMILES string of the molecule is CCNC(C)(C)C(=O)Nc1ccc(Cl)nc1. The maximum absolute atomic E-state index is 11.9. The van der Waals surface area contributed by atoms with E-state index < -0.39 is 5.54 Å². The van der Waals surface area contributed by atoms with E-state index in [0.29, 0.717) is 10.8 Å². The van der Waals surface area contributed by atoms with Gasteiger partial charge in [-0.2, -0.15) is 0 Å². The van der Waals surface area contributed by atoms with E-state index in [1.165, 1.54) is 6.20 Å². The number of carbonyl (C=O) groups excluding carboxylic acids is 1. The first-order valence-corrected chi connectivity index (χ1v) is 5.51. The van der Waals surface area contributed by atoms with Crippen molar-refractivity contribution in [2.45, 2.75) is 26.3 Å². The molecule has 0 aliphatic rings. The van der Waals surface area contributed by atoms with E-state index in [0.717, 1.165) is 6.54 Å². The Balaban J connectivity index is 2.67. The fourth-order valence-corrected chi connectivity index (χ4v) is 1.37. The van der Waals surface area contributed by atoms with Gasteiger partial charge in [-0.3, -0.25) is 4.79 Å². The predicted octanol–water partition coefficient (Wildman–Crippen LogP) is 2.06. The van der Waals surface area contributed by atoms with E-state index in [1.807, 2.05) is 20.8 Å². The first kappa shape index (κ1) is 12.9. The van der Waals surface area contributed by atoms with E-state index in [9.17, 15) is 4.79 Å². The summed E-state index contributed by atoms with van der Waals surface area (Å²) in [6.45, 7) is 6.35. The average Bonchev–Trinajstić information content (AvgIpc) is 2.21. The second kappa shape index (κ2) is 5.27. The van der Waals surface area contributed by atoms with E-state index >= 15 is 0 Å². The van der Waals surface area contributed by atoms with Gasteiger partial charge in [-0.15, -0.1) is 0 Å². The molecule has 0 radical (unpaired) electrons. The largest absolute Gasteiger partial charge is 0.323 e.